The van der Waals surface area contributed by atoms with E-state index >= 15 is 0 Å². The third-order valence-electron chi connectivity index (χ3n) is 5.13. The second-order valence-electron chi connectivity index (χ2n) is 9.40. The average molecular weight is 512 g/mol. The fourth-order valence-electron chi connectivity index (χ4n) is 3.61. The van der Waals surface area contributed by atoms with E-state index in [2.05, 4.69) is 10.6 Å². The number of hydrogen-bond acceptors (Lipinski definition) is 7. The van der Waals surface area contributed by atoms with E-state index in [1.165, 1.54) is 22.7 Å². The number of phenols is 1. The Morgan fingerprint density at radius 3 is 2.34 bits per heavy atom. The van der Waals surface area contributed by atoms with Crippen LogP contribution in [0.4, 0.5) is 4.79 Å². The molecule has 1 aromatic carbocycles. The molecule has 0 saturated carbocycles. The minimum Gasteiger partial charge on any atom is -0.508 e. The quantitative estimate of drug-likeness (QED) is 0.320. The maximum Gasteiger partial charge on any atom is 0.408 e. The number of ether oxygens (including phenoxy) is 1. The van der Waals surface area contributed by atoms with Crippen LogP contribution in [0.25, 0.3) is 0 Å². The number of alkyl carbamates (subject to hydrolysis) is 1. The molecule has 0 spiro atoms. The third kappa shape index (κ3) is 10.4. The molecule has 0 radical (unpaired) electrons. The predicted molar refractivity (Wildman–Crippen MR) is 138 cm³/mol. The summed E-state index contributed by atoms with van der Waals surface area (Å²) in [6.45, 7) is 8.46. The van der Waals surface area contributed by atoms with Gasteiger partial charge in [0.15, 0.2) is 0 Å². The first-order valence-electron chi connectivity index (χ1n) is 11.9. The summed E-state index contributed by atoms with van der Waals surface area (Å²) in [5.74, 6) is -0.604. The van der Waals surface area contributed by atoms with Gasteiger partial charge in [0.25, 0.3) is 0 Å². The van der Waals surface area contributed by atoms with E-state index in [-0.39, 0.29) is 23.9 Å². The number of aliphatic hydroxyl groups excluding tert-OH is 1. The molecule has 3 unspecified atom stereocenters. The molecule has 0 aliphatic carbocycles. The van der Waals surface area contributed by atoms with Crippen LogP contribution in [0.2, 0.25) is 0 Å². The van der Waals surface area contributed by atoms with Crippen molar-refractivity contribution in [2.24, 2.45) is 0 Å². The molecule has 4 N–H and O–H groups in total. The third-order valence-corrected chi connectivity index (χ3v) is 5.77. The Balaban J connectivity index is 3.41. The summed E-state index contributed by atoms with van der Waals surface area (Å²) in [5.41, 5.74) is -0.522. The number of rotatable bonds is 13. The highest BCUT2D eigenvalue weighted by molar-refractivity contribution is 7.98. The summed E-state index contributed by atoms with van der Waals surface area (Å²) >= 11 is 1.51. The van der Waals surface area contributed by atoms with Crippen LogP contribution >= 0.6 is 11.8 Å². The summed E-state index contributed by atoms with van der Waals surface area (Å²) in [6, 6.07) is 3.95. The first-order valence-corrected chi connectivity index (χ1v) is 13.3. The van der Waals surface area contributed by atoms with Gasteiger partial charge in [0.2, 0.25) is 11.8 Å². The van der Waals surface area contributed by atoms with Gasteiger partial charge in [-0.25, -0.2) is 4.79 Å². The van der Waals surface area contributed by atoms with Gasteiger partial charge in [0.1, 0.15) is 23.4 Å². The molecule has 0 aliphatic heterocycles. The van der Waals surface area contributed by atoms with E-state index in [0.717, 1.165) is 12.8 Å². The minimum absolute atomic E-state index is 0.146. The number of benzene rings is 1. The van der Waals surface area contributed by atoms with Crippen molar-refractivity contribution in [2.75, 3.05) is 25.2 Å². The monoisotopic (exact) mass is 511 g/mol. The standard InChI is InChI=1S/C25H41N3O6S/c1-7-10-17(2)26-22(31)21(18-11-8-9-12-20(18)30)28(14-15-29)23(32)19(13-16-35-6)27-24(33)34-25(3,4)5/h8-9,11-12,17,19,21,29-30H,7,10,13-16H2,1-6H3,(H,26,31)(H,27,33). The van der Waals surface area contributed by atoms with Gasteiger partial charge >= 0.3 is 6.09 Å². The van der Waals surface area contributed by atoms with Crippen molar-refractivity contribution >= 4 is 29.7 Å². The maximum absolute atomic E-state index is 13.8. The van der Waals surface area contributed by atoms with Gasteiger partial charge < -0.3 is 30.5 Å². The smallest absolute Gasteiger partial charge is 0.408 e. The Labute approximate surface area is 213 Å². The number of aromatic hydroxyl groups is 1. The van der Waals surface area contributed by atoms with Gasteiger partial charge in [-0.15, -0.1) is 0 Å². The fraction of sp³-hybridized carbons (Fsp3) is 0.640. The fourth-order valence-corrected chi connectivity index (χ4v) is 4.09. The number of para-hydroxylation sites is 1. The number of nitrogens with zero attached hydrogens (tertiary/aromatic N) is 1. The second-order valence-corrected chi connectivity index (χ2v) is 10.4. The molecule has 0 fully saturated rings. The van der Waals surface area contributed by atoms with E-state index in [0.29, 0.717) is 12.2 Å². The average Bonchev–Trinajstić information content (AvgIpc) is 2.75. The first-order chi connectivity index (χ1) is 16.4. The molecule has 1 rings (SSSR count). The van der Waals surface area contributed by atoms with Crippen LogP contribution in [0.15, 0.2) is 24.3 Å². The molecule has 0 aliphatic rings. The lowest BCUT2D eigenvalue weighted by molar-refractivity contribution is -0.143. The van der Waals surface area contributed by atoms with E-state index in [4.69, 9.17) is 4.74 Å². The Bertz CT molecular complexity index is 830. The Morgan fingerprint density at radius 1 is 1.14 bits per heavy atom. The van der Waals surface area contributed by atoms with E-state index in [1.807, 2.05) is 20.1 Å². The molecule has 198 valence electrons. The van der Waals surface area contributed by atoms with Crippen LogP contribution < -0.4 is 10.6 Å². The van der Waals surface area contributed by atoms with E-state index in [1.54, 1.807) is 39.0 Å². The maximum atomic E-state index is 13.8. The van der Waals surface area contributed by atoms with Gasteiger partial charge in [-0.05, 0) is 58.6 Å². The summed E-state index contributed by atoms with van der Waals surface area (Å²) in [5, 5.41) is 25.9. The summed E-state index contributed by atoms with van der Waals surface area (Å²) < 4.78 is 5.33. The van der Waals surface area contributed by atoms with Crippen molar-refractivity contribution in [1.29, 1.82) is 0 Å². The Morgan fingerprint density at radius 2 is 1.80 bits per heavy atom. The summed E-state index contributed by atoms with van der Waals surface area (Å²) in [7, 11) is 0. The van der Waals surface area contributed by atoms with Gasteiger partial charge in [0, 0.05) is 18.2 Å². The summed E-state index contributed by atoms with van der Waals surface area (Å²) in [4.78, 5) is 40.9. The van der Waals surface area contributed by atoms with Crippen molar-refractivity contribution in [1.82, 2.24) is 15.5 Å². The van der Waals surface area contributed by atoms with Gasteiger partial charge in [0.05, 0.1) is 6.61 Å². The number of aliphatic hydroxyl groups is 1. The molecule has 10 heteroatoms. The van der Waals surface area contributed by atoms with Crippen molar-refractivity contribution in [3.8, 4) is 5.75 Å². The Hall–Kier alpha value is -2.46. The molecular formula is C25H41N3O6S. The molecule has 3 atom stereocenters. The van der Waals surface area contributed by atoms with Crippen molar-refractivity contribution < 1.29 is 29.3 Å². The molecule has 1 aromatic rings. The van der Waals surface area contributed by atoms with E-state index < -0.39 is 42.2 Å². The van der Waals surface area contributed by atoms with Crippen LogP contribution in [0, 0.1) is 0 Å². The number of carbonyl (C=O) groups is 3. The number of amides is 3. The SMILES string of the molecule is CCCC(C)NC(=O)C(c1ccccc1O)N(CCO)C(=O)C(CCSC)NC(=O)OC(C)(C)C. The van der Waals surface area contributed by atoms with Crippen LogP contribution in [0.1, 0.15) is 65.5 Å². The van der Waals surface area contributed by atoms with Crippen LogP contribution in [-0.2, 0) is 14.3 Å². The lowest BCUT2D eigenvalue weighted by Gasteiger charge is -2.35. The lowest BCUT2D eigenvalue weighted by atomic mass is 10.0. The lowest BCUT2D eigenvalue weighted by Crippen LogP contribution is -2.54. The van der Waals surface area contributed by atoms with Crippen LogP contribution in [-0.4, -0.2) is 75.9 Å². The van der Waals surface area contributed by atoms with Gasteiger partial charge in [-0.3, -0.25) is 9.59 Å². The molecule has 0 bridgehead atoms. The minimum atomic E-state index is -1.20. The highest BCUT2D eigenvalue weighted by Gasteiger charge is 2.37. The highest BCUT2D eigenvalue weighted by atomic mass is 32.2. The van der Waals surface area contributed by atoms with Crippen LogP contribution in [0.5, 0.6) is 5.75 Å². The number of nitrogens with one attached hydrogen (secondary N) is 2. The molecule has 0 heterocycles. The largest absolute Gasteiger partial charge is 0.508 e. The Kier molecular flexibility index (Phi) is 13.0. The van der Waals surface area contributed by atoms with Crippen molar-refractivity contribution in [3.05, 3.63) is 29.8 Å². The normalized spacial score (nSPS) is 13.9. The zero-order chi connectivity index (χ0) is 26.6. The number of carbonyl (C=O) groups excluding carboxylic acids is 3. The summed E-state index contributed by atoms with van der Waals surface area (Å²) in [6.07, 6.45) is 3.03. The number of hydrogen-bond donors (Lipinski definition) is 4. The van der Waals surface area contributed by atoms with Gasteiger partial charge in [-0.2, -0.15) is 11.8 Å². The number of phenolic OH excluding ortho intramolecular Hbond substituents is 1. The van der Waals surface area contributed by atoms with E-state index in [9.17, 15) is 24.6 Å². The van der Waals surface area contributed by atoms with Gasteiger partial charge in [-0.1, -0.05) is 31.5 Å². The molecule has 0 saturated heterocycles. The zero-order valence-electron chi connectivity index (χ0n) is 21.7. The number of thioether (sulfide) groups is 1. The molecule has 35 heavy (non-hydrogen) atoms. The van der Waals surface area contributed by atoms with Crippen molar-refractivity contribution in [2.45, 2.75) is 77.6 Å². The molecular weight excluding hydrogens is 470 g/mol. The topological polar surface area (TPSA) is 128 Å². The second kappa shape index (κ2) is 14.8. The molecule has 9 nitrogen and oxygen atoms in total. The first kappa shape index (κ1) is 30.6. The highest BCUT2D eigenvalue weighted by Crippen LogP contribution is 2.30. The van der Waals surface area contributed by atoms with Crippen LogP contribution in [0.3, 0.4) is 0 Å². The molecule has 3 amide bonds. The van der Waals surface area contributed by atoms with Crippen molar-refractivity contribution in [3.63, 3.8) is 0 Å². The molecule has 0 aromatic heterocycles. The predicted octanol–water partition coefficient (Wildman–Crippen LogP) is 3.21. The zero-order valence-corrected chi connectivity index (χ0v) is 22.5.